The number of hydrogen-bond donors (Lipinski definition) is 3. The average Bonchev–Trinajstić information content (AvgIpc) is 2.59. The van der Waals surface area contributed by atoms with Gasteiger partial charge in [-0.15, -0.1) is 0 Å². The zero-order valence-corrected chi connectivity index (χ0v) is 18.0. The van der Waals surface area contributed by atoms with E-state index in [9.17, 15) is 28.0 Å². The maximum Gasteiger partial charge on any atom is 0.415 e. The van der Waals surface area contributed by atoms with Crippen LogP contribution in [-0.2, 0) is 19.1 Å². The molecule has 0 aromatic rings. The summed E-state index contributed by atoms with van der Waals surface area (Å²) in [7, 11) is 0. The summed E-state index contributed by atoms with van der Waals surface area (Å²) in [6.07, 6.45) is -1.62. The Bertz CT molecular complexity index is 765. The second-order valence-corrected chi connectivity index (χ2v) is 9.00. The van der Waals surface area contributed by atoms with Crippen LogP contribution in [0.1, 0.15) is 52.9 Å². The minimum atomic E-state index is -3.27. The standard InChI is InChI=1S/C20H30F2N4O5/c1-11-9-20(21,22)10-14(26(11)18(30)31-19(2,3)4)17(29)25-13(15(23)27)8-12-6-5-7-24-16(12)28/h12-14H,1,5-10H2,2-4H3,(H2,23,27)(H,24,28)(H,25,29)/t12-,13-,14-/m0/s1. The van der Waals surface area contributed by atoms with E-state index in [4.69, 9.17) is 10.5 Å². The quantitative estimate of drug-likeness (QED) is 0.590. The third kappa shape index (κ3) is 6.63. The molecule has 0 radical (unpaired) electrons. The zero-order chi connectivity index (χ0) is 23.6. The molecule has 174 valence electrons. The molecule has 2 aliphatic heterocycles. The van der Waals surface area contributed by atoms with Gasteiger partial charge in [0.05, 0.1) is 6.42 Å². The molecule has 2 saturated heterocycles. The topological polar surface area (TPSA) is 131 Å². The third-order valence-corrected chi connectivity index (χ3v) is 5.08. The van der Waals surface area contributed by atoms with Crippen LogP contribution in [0, 0.1) is 5.92 Å². The lowest BCUT2D eigenvalue weighted by Crippen LogP contribution is -2.59. The number of nitrogens with one attached hydrogen (secondary N) is 2. The van der Waals surface area contributed by atoms with Crippen LogP contribution in [0.4, 0.5) is 13.6 Å². The van der Waals surface area contributed by atoms with E-state index in [0.717, 1.165) is 4.90 Å². The molecular formula is C20H30F2N4O5. The van der Waals surface area contributed by atoms with Crippen molar-refractivity contribution in [3.05, 3.63) is 12.3 Å². The van der Waals surface area contributed by atoms with E-state index in [0.29, 0.717) is 19.4 Å². The maximum absolute atomic E-state index is 14.2. The molecule has 2 heterocycles. The number of nitrogens with two attached hydrogens (primary N) is 1. The first-order valence-electron chi connectivity index (χ1n) is 10.2. The van der Waals surface area contributed by atoms with Crippen LogP contribution in [-0.4, -0.2) is 58.9 Å². The van der Waals surface area contributed by atoms with Crippen molar-refractivity contribution in [2.75, 3.05) is 6.54 Å². The number of alkyl halides is 2. The number of likely N-dealkylation sites (tertiary alicyclic amines) is 1. The first-order valence-corrected chi connectivity index (χ1v) is 10.2. The van der Waals surface area contributed by atoms with Gasteiger partial charge in [-0.1, -0.05) is 6.58 Å². The van der Waals surface area contributed by atoms with E-state index in [2.05, 4.69) is 17.2 Å². The van der Waals surface area contributed by atoms with Gasteiger partial charge in [0, 0.05) is 24.6 Å². The lowest BCUT2D eigenvalue weighted by Gasteiger charge is -2.40. The minimum absolute atomic E-state index is 0.0661. The summed E-state index contributed by atoms with van der Waals surface area (Å²) in [5, 5.41) is 5.01. The fourth-order valence-corrected chi connectivity index (χ4v) is 3.69. The Balaban J connectivity index is 2.21. The molecule has 0 aromatic heterocycles. The van der Waals surface area contributed by atoms with Gasteiger partial charge < -0.3 is 21.1 Å². The van der Waals surface area contributed by atoms with Crippen molar-refractivity contribution in [2.24, 2.45) is 11.7 Å². The number of hydrogen-bond acceptors (Lipinski definition) is 5. The monoisotopic (exact) mass is 444 g/mol. The third-order valence-electron chi connectivity index (χ3n) is 5.08. The lowest BCUT2D eigenvalue weighted by atomic mass is 9.90. The molecule has 0 spiro atoms. The Kier molecular flexibility index (Phi) is 7.28. The number of carbonyl (C=O) groups is 4. The maximum atomic E-state index is 14.2. The molecule has 9 nitrogen and oxygen atoms in total. The van der Waals surface area contributed by atoms with Crippen LogP contribution < -0.4 is 16.4 Å². The number of piperidine rings is 2. The first-order chi connectivity index (χ1) is 14.2. The predicted octanol–water partition coefficient (Wildman–Crippen LogP) is 1.42. The van der Waals surface area contributed by atoms with E-state index in [1.54, 1.807) is 20.8 Å². The minimum Gasteiger partial charge on any atom is -0.443 e. The lowest BCUT2D eigenvalue weighted by molar-refractivity contribution is -0.137. The number of ether oxygens (including phenoxy) is 1. The van der Waals surface area contributed by atoms with Gasteiger partial charge in [-0.05, 0) is 40.0 Å². The molecular weight excluding hydrogens is 414 g/mol. The van der Waals surface area contributed by atoms with Crippen LogP contribution in [0.15, 0.2) is 12.3 Å². The highest BCUT2D eigenvalue weighted by atomic mass is 19.3. The molecule has 0 bridgehead atoms. The van der Waals surface area contributed by atoms with Crippen molar-refractivity contribution >= 4 is 23.8 Å². The van der Waals surface area contributed by atoms with Crippen molar-refractivity contribution in [3.8, 4) is 0 Å². The molecule has 0 saturated carbocycles. The van der Waals surface area contributed by atoms with Crippen molar-refractivity contribution in [1.29, 1.82) is 0 Å². The first kappa shape index (κ1) is 24.5. The summed E-state index contributed by atoms with van der Waals surface area (Å²) in [6.45, 7) is 8.82. The molecule has 2 fully saturated rings. The van der Waals surface area contributed by atoms with E-state index >= 15 is 0 Å². The molecule has 4 amide bonds. The SMILES string of the molecule is C=C1CC(F)(F)C[C@@H](C(=O)N[C@@H](C[C@@H]2CCCNC2=O)C(N)=O)N1C(=O)OC(C)(C)C. The number of primary amides is 1. The molecule has 2 rings (SSSR count). The highest BCUT2D eigenvalue weighted by molar-refractivity contribution is 5.92. The van der Waals surface area contributed by atoms with Gasteiger partial charge in [0.1, 0.15) is 17.7 Å². The van der Waals surface area contributed by atoms with Crippen LogP contribution in [0.2, 0.25) is 0 Å². The van der Waals surface area contributed by atoms with Gasteiger partial charge in [-0.3, -0.25) is 19.3 Å². The van der Waals surface area contributed by atoms with Crippen molar-refractivity contribution in [3.63, 3.8) is 0 Å². The Labute approximate surface area is 179 Å². The van der Waals surface area contributed by atoms with E-state index < -0.39 is 60.3 Å². The van der Waals surface area contributed by atoms with Gasteiger partial charge in [0.2, 0.25) is 17.7 Å². The summed E-state index contributed by atoms with van der Waals surface area (Å²) in [6, 6.07) is -2.90. The number of allylic oxidation sites excluding steroid dienone is 1. The summed E-state index contributed by atoms with van der Waals surface area (Å²) in [5.74, 6) is -5.98. The number of amides is 4. The van der Waals surface area contributed by atoms with Gasteiger partial charge in [0.15, 0.2) is 0 Å². The van der Waals surface area contributed by atoms with E-state index in [1.165, 1.54) is 0 Å². The smallest absolute Gasteiger partial charge is 0.415 e. The fraction of sp³-hybridized carbons (Fsp3) is 0.700. The van der Waals surface area contributed by atoms with Gasteiger partial charge in [0.25, 0.3) is 5.92 Å². The summed E-state index contributed by atoms with van der Waals surface area (Å²) >= 11 is 0. The van der Waals surface area contributed by atoms with Gasteiger partial charge in [-0.25, -0.2) is 13.6 Å². The Hall–Kier alpha value is -2.72. The van der Waals surface area contributed by atoms with Crippen molar-refractivity contribution in [2.45, 2.75) is 76.5 Å². The summed E-state index contributed by atoms with van der Waals surface area (Å²) < 4.78 is 33.6. The predicted molar refractivity (Wildman–Crippen MR) is 107 cm³/mol. The number of carbonyl (C=O) groups excluding carboxylic acids is 4. The molecule has 4 N–H and O–H groups in total. The Morgan fingerprint density at radius 1 is 1.39 bits per heavy atom. The van der Waals surface area contributed by atoms with Gasteiger partial charge >= 0.3 is 6.09 Å². The van der Waals surface area contributed by atoms with Crippen LogP contribution in [0.3, 0.4) is 0 Å². The molecule has 3 atom stereocenters. The molecule has 2 aliphatic rings. The number of rotatable bonds is 5. The number of halogens is 2. The van der Waals surface area contributed by atoms with E-state index in [-0.39, 0.29) is 18.0 Å². The molecule has 11 heteroatoms. The Morgan fingerprint density at radius 3 is 2.58 bits per heavy atom. The van der Waals surface area contributed by atoms with Crippen molar-refractivity contribution < 1.29 is 32.7 Å². The fourth-order valence-electron chi connectivity index (χ4n) is 3.69. The van der Waals surface area contributed by atoms with E-state index in [1.807, 2.05) is 0 Å². The van der Waals surface area contributed by atoms with Crippen molar-refractivity contribution in [1.82, 2.24) is 15.5 Å². The molecule has 0 unspecified atom stereocenters. The highest BCUT2D eigenvalue weighted by Crippen LogP contribution is 2.38. The highest BCUT2D eigenvalue weighted by Gasteiger charge is 2.49. The second kappa shape index (κ2) is 9.19. The van der Waals surface area contributed by atoms with Gasteiger partial charge in [-0.2, -0.15) is 0 Å². The van der Waals surface area contributed by atoms with Crippen LogP contribution >= 0.6 is 0 Å². The average molecular weight is 444 g/mol. The molecule has 0 aliphatic carbocycles. The largest absolute Gasteiger partial charge is 0.443 e. The normalized spacial score (nSPS) is 24.7. The molecule has 0 aromatic carbocycles. The number of nitrogens with zero attached hydrogens (tertiary/aromatic N) is 1. The summed E-state index contributed by atoms with van der Waals surface area (Å²) in [4.78, 5) is 50.2. The van der Waals surface area contributed by atoms with Crippen LogP contribution in [0.25, 0.3) is 0 Å². The Morgan fingerprint density at radius 2 is 2.03 bits per heavy atom. The van der Waals surface area contributed by atoms with Crippen LogP contribution in [0.5, 0.6) is 0 Å². The molecule has 31 heavy (non-hydrogen) atoms. The second-order valence-electron chi connectivity index (χ2n) is 9.00. The zero-order valence-electron chi connectivity index (χ0n) is 18.0. The summed E-state index contributed by atoms with van der Waals surface area (Å²) in [5.41, 5.74) is 4.18.